The molecule has 1 aromatic heterocycles. The molecule has 0 saturated heterocycles. The van der Waals surface area contributed by atoms with Crippen molar-refractivity contribution in [3.05, 3.63) is 65.6 Å². The third kappa shape index (κ3) is 4.25. The molecule has 0 unspecified atom stereocenters. The average molecular weight is 366 g/mol. The number of aromatic nitrogens is 2. The van der Waals surface area contributed by atoms with E-state index in [1.807, 2.05) is 31.2 Å². The highest BCUT2D eigenvalue weighted by Gasteiger charge is 2.12. The van der Waals surface area contributed by atoms with Gasteiger partial charge in [-0.05, 0) is 36.8 Å². The van der Waals surface area contributed by atoms with Crippen molar-refractivity contribution in [3.63, 3.8) is 0 Å². The molecule has 3 aromatic rings. The minimum absolute atomic E-state index is 0.253. The second-order valence-electron chi connectivity index (χ2n) is 6.18. The van der Waals surface area contributed by atoms with Gasteiger partial charge in [0.15, 0.2) is 11.5 Å². The first kappa shape index (κ1) is 17.1. The van der Waals surface area contributed by atoms with Crippen LogP contribution in [0.25, 0.3) is 0 Å². The molecule has 0 amide bonds. The minimum atomic E-state index is -0.253. The van der Waals surface area contributed by atoms with Crippen LogP contribution in [0, 0.1) is 12.7 Å². The third-order valence-electron chi connectivity index (χ3n) is 4.03. The van der Waals surface area contributed by atoms with E-state index < -0.39 is 0 Å². The van der Waals surface area contributed by atoms with Gasteiger partial charge < -0.3 is 20.1 Å². The van der Waals surface area contributed by atoms with Crippen molar-refractivity contribution in [1.29, 1.82) is 0 Å². The van der Waals surface area contributed by atoms with E-state index in [0.717, 1.165) is 22.7 Å². The lowest BCUT2D eigenvalue weighted by Crippen LogP contribution is -2.15. The summed E-state index contributed by atoms with van der Waals surface area (Å²) in [6.07, 6.45) is 0. The number of hydrogen-bond acceptors (Lipinski definition) is 6. The van der Waals surface area contributed by atoms with Gasteiger partial charge in [-0.1, -0.05) is 12.1 Å². The van der Waals surface area contributed by atoms with Crippen LogP contribution in [-0.2, 0) is 6.54 Å². The largest absolute Gasteiger partial charge is 0.486 e. The highest BCUT2D eigenvalue weighted by atomic mass is 19.1. The van der Waals surface area contributed by atoms with Gasteiger partial charge in [0.1, 0.15) is 24.8 Å². The fraction of sp³-hybridized carbons (Fsp3) is 0.200. The van der Waals surface area contributed by atoms with Crippen molar-refractivity contribution in [2.75, 3.05) is 23.8 Å². The smallest absolute Gasteiger partial charge is 0.225 e. The van der Waals surface area contributed by atoms with E-state index in [2.05, 4.69) is 20.6 Å². The lowest BCUT2D eigenvalue weighted by molar-refractivity contribution is 0.171. The molecule has 0 saturated carbocycles. The Morgan fingerprint density at radius 1 is 0.963 bits per heavy atom. The van der Waals surface area contributed by atoms with Gasteiger partial charge in [0, 0.05) is 30.1 Å². The summed E-state index contributed by atoms with van der Waals surface area (Å²) in [6.45, 7) is 3.52. The molecular weight excluding hydrogens is 347 g/mol. The van der Waals surface area contributed by atoms with Crippen molar-refractivity contribution in [3.8, 4) is 11.5 Å². The molecule has 2 heterocycles. The van der Waals surface area contributed by atoms with Crippen LogP contribution in [0.4, 0.5) is 21.8 Å². The zero-order valence-corrected chi connectivity index (χ0v) is 14.8. The zero-order valence-electron chi connectivity index (χ0n) is 14.8. The van der Waals surface area contributed by atoms with Crippen molar-refractivity contribution in [2.45, 2.75) is 13.5 Å². The van der Waals surface area contributed by atoms with Crippen molar-refractivity contribution in [1.82, 2.24) is 9.97 Å². The Morgan fingerprint density at radius 2 is 1.74 bits per heavy atom. The first-order valence-corrected chi connectivity index (χ1v) is 8.66. The summed E-state index contributed by atoms with van der Waals surface area (Å²) in [6, 6.07) is 13.9. The molecule has 2 aromatic carbocycles. The molecule has 2 N–H and O–H groups in total. The van der Waals surface area contributed by atoms with Gasteiger partial charge in [0.25, 0.3) is 0 Å². The van der Waals surface area contributed by atoms with Crippen LogP contribution in [0.1, 0.15) is 11.3 Å². The van der Waals surface area contributed by atoms with E-state index in [9.17, 15) is 4.39 Å². The topological polar surface area (TPSA) is 68.3 Å². The molecule has 27 heavy (non-hydrogen) atoms. The number of halogens is 1. The molecule has 0 spiro atoms. The number of nitrogens with one attached hydrogen (secondary N) is 2. The van der Waals surface area contributed by atoms with Crippen LogP contribution in [-0.4, -0.2) is 23.2 Å². The van der Waals surface area contributed by atoms with Crippen LogP contribution in [0.3, 0.4) is 0 Å². The van der Waals surface area contributed by atoms with Crippen molar-refractivity contribution >= 4 is 17.5 Å². The highest BCUT2D eigenvalue weighted by molar-refractivity contribution is 5.62. The average Bonchev–Trinajstić information content (AvgIpc) is 2.67. The van der Waals surface area contributed by atoms with Crippen LogP contribution in [0.5, 0.6) is 11.5 Å². The van der Waals surface area contributed by atoms with E-state index in [-0.39, 0.29) is 5.82 Å². The fourth-order valence-electron chi connectivity index (χ4n) is 2.76. The first-order chi connectivity index (χ1) is 13.2. The maximum atomic E-state index is 13.0. The van der Waals surface area contributed by atoms with Gasteiger partial charge in [-0.2, -0.15) is 4.98 Å². The SMILES string of the molecule is Cc1cc(Nc2ccc3c(c2)OCCO3)nc(NCc2ccc(F)cc2)n1. The molecule has 138 valence electrons. The van der Waals surface area contributed by atoms with E-state index in [1.165, 1.54) is 12.1 Å². The number of aryl methyl sites for hydroxylation is 1. The normalized spacial score (nSPS) is 12.5. The predicted octanol–water partition coefficient (Wildman–Crippen LogP) is 4.05. The monoisotopic (exact) mass is 366 g/mol. The number of rotatable bonds is 5. The van der Waals surface area contributed by atoms with Gasteiger partial charge in [-0.25, -0.2) is 9.37 Å². The number of ether oxygens (including phenoxy) is 2. The fourth-order valence-corrected chi connectivity index (χ4v) is 2.76. The summed E-state index contributed by atoms with van der Waals surface area (Å²) in [5, 5.41) is 6.43. The molecule has 4 rings (SSSR count). The molecule has 0 atom stereocenters. The van der Waals surface area contributed by atoms with E-state index in [1.54, 1.807) is 12.1 Å². The Balaban J connectivity index is 1.47. The minimum Gasteiger partial charge on any atom is -0.486 e. The number of fused-ring (bicyclic) bond motifs is 1. The van der Waals surface area contributed by atoms with Gasteiger partial charge in [0.2, 0.25) is 5.95 Å². The van der Waals surface area contributed by atoms with Crippen LogP contribution >= 0.6 is 0 Å². The van der Waals surface area contributed by atoms with Gasteiger partial charge in [-0.15, -0.1) is 0 Å². The summed E-state index contributed by atoms with van der Waals surface area (Å²) >= 11 is 0. The Hall–Kier alpha value is -3.35. The third-order valence-corrected chi connectivity index (χ3v) is 4.03. The Labute approximate surface area is 156 Å². The summed E-state index contributed by atoms with van der Waals surface area (Å²) in [7, 11) is 0. The van der Waals surface area contributed by atoms with E-state index >= 15 is 0 Å². The number of anilines is 3. The number of hydrogen-bond donors (Lipinski definition) is 2. The van der Waals surface area contributed by atoms with Crippen molar-refractivity contribution in [2.24, 2.45) is 0 Å². The molecule has 0 radical (unpaired) electrons. The first-order valence-electron chi connectivity index (χ1n) is 8.66. The number of nitrogens with zero attached hydrogens (tertiary/aromatic N) is 2. The molecule has 6 nitrogen and oxygen atoms in total. The van der Waals surface area contributed by atoms with Gasteiger partial charge in [-0.3, -0.25) is 0 Å². The Kier molecular flexibility index (Phi) is 4.74. The van der Waals surface area contributed by atoms with E-state index in [4.69, 9.17) is 9.47 Å². The number of benzene rings is 2. The van der Waals surface area contributed by atoms with Crippen LogP contribution < -0.4 is 20.1 Å². The maximum Gasteiger partial charge on any atom is 0.225 e. The van der Waals surface area contributed by atoms with Gasteiger partial charge >= 0.3 is 0 Å². The second-order valence-corrected chi connectivity index (χ2v) is 6.18. The summed E-state index contributed by atoms with van der Waals surface area (Å²) in [5.74, 6) is 2.37. The Bertz CT molecular complexity index is 947. The summed E-state index contributed by atoms with van der Waals surface area (Å²) in [4.78, 5) is 8.89. The highest BCUT2D eigenvalue weighted by Crippen LogP contribution is 2.33. The molecule has 1 aliphatic rings. The summed E-state index contributed by atoms with van der Waals surface area (Å²) in [5.41, 5.74) is 2.62. The second kappa shape index (κ2) is 7.49. The molecule has 1 aliphatic heterocycles. The van der Waals surface area contributed by atoms with Crippen LogP contribution in [0.2, 0.25) is 0 Å². The van der Waals surface area contributed by atoms with Gasteiger partial charge in [0.05, 0.1) is 0 Å². The van der Waals surface area contributed by atoms with Crippen molar-refractivity contribution < 1.29 is 13.9 Å². The lowest BCUT2D eigenvalue weighted by Gasteiger charge is -2.19. The molecule has 0 bridgehead atoms. The molecule has 0 aliphatic carbocycles. The Morgan fingerprint density at radius 3 is 2.56 bits per heavy atom. The van der Waals surface area contributed by atoms with Crippen LogP contribution in [0.15, 0.2) is 48.5 Å². The molecule has 0 fully saturated rings. The molecule has 7 heteroatoms. The predicted molar refractivity (Wildman–Crippen MR) is 101 cm³/mol. The van der Waals surface area contributed by atoms with E-state index in [0.29, 0.717) is 37.3 Å². The summed E-state index contributed by atoms with van der Waals surface area (Å²) < 4.78 is 24.1. The quantitative estimate of drug-likeness (QED) is 0.710. The maximum absolute atomic E-state index is 13.0. The molecular formula is C20H19FN4O2. The zero-order chi connectivity index (χ0) is 18.6. The lowest BCUT2D eigenvalue weighted by atomic mass is 10.2. The standard InChI is InChI=1S/C20H19FN4O2/c1-13-10-19(24-16-6-7-17-18(11-16)27-9-8-26-17)25-20(23-13)22-12-14-2-4-15(21)5-3-14/h2-7,10-11H,8-9,12H2,1H3,(H2,22,23,24,25).